The lowest BCUT2D eigenvalue weighted by molar-refractivity contribution is -0.270. The predicted molar refractivity (Wildman–Crippen MR) is 65.3 cm³/mol. The molecule has 8 heteroatoms. The van der Waals surface area contributed by atoms with Crippen molar-refractivity contribution in [3.8, 4) is 5.75 Å². The van der Waals surface area contributed by atoms with Crippen LogP contribution in [0.25, 0.3) is 0 Å². The third-order valence-electron chi connectivity index (χ3n) is 2.84. The number of alkyl halides is 5. The highest BCUT2D eigenvalue weighted by Gasteiger charge is 2.63. The molecule has 0 bridgehead atoms. The predicted octanol–water partition coefficient (Wildman–Crippen LogP) is 3.38. The molecular weight excluding hydrogens is 297 g/mol. The van der Waals surface area contributed by atoms with Gasteiger partial charge in [-0.3, -0.25) is 4.79 Å². The van der Waals surface area contributed by atoms with Crippen molar-refractivity contribution in [3.05, 3.63) is 29.3 Å². The number of ether oxygens (including phenoxy) is 1. The Hall–Kier alpha value is -1.86. The normalized spacial score (nSPS) is 13.7. The van der Waals surface area contributed by atoms with Crippen molar-refractivity contribution in [2.75, 3.05) is 7.11 Å². The Kier molecular flexibility index (Phi) is 4.80. The number of nitrogens with one attached hydrogen (secondary N) is 1. The average Bonchev–Trinajstić information content (AvgIpc) is 2.37. The Morgan fingerprint density at radius 2 is 1.81 bits per heavy atom. The lowest BCUT2D eigenvalue weighted by atomic mass is 10.0. The minimum Gasteiger partial charge on any atom is -0.496 e. The van der Waals surface area contributed by atoms with Crippen molar-refractivity contribution in [2.24, 2.45) is 0 Å². The van der Waals surface area contributed by atoms with E-state index in [9.17, 15) is 26.7 Å². The zero-order valence-electron chi connectivity index (χ0n) is 11.5. The minimum absolute atomic E-state index is 0.281. The van der Waals surface area contributed by atoms with Gasteiger partial charge in [-0.15, -0.1) is 0 Å². The van der Waals surface area contributed by atoms with Crippen LogP contribution in [0.3, 0.4) is 0 Å². The summed E-state index contributed by atoms with van der Waals surface area (Å²) in [4.78, 5) is 11.2. The van der Waals surface area contributed by atoms with E-state index in [4.69, 9.17) is 4.74 Å². The fraction of sp³-hybridized carbons (Fsp3) is 0.462. The van der Waals surface area contributed by atoms with E-state index >= 15 is 0 Å². The average molecular weight is 311 g/mol. The van der Waals surface area contributed by atoms with Crippen LogP contribution >= 0.6 is 0 Å². The van der Waals surface area contributed by atoms with Gasteiger partial charge in [-0.05, 0) is 19.9 Å². The van der Waals surface area contributed by atoms with Gasteiger partial charge in [0, 0.05) is 5.56 Å². The number of benzene rings is 1. The maximum Gasteiger partial charge on any atom is 0.463 e. The van der Waals surface area contributed by atoms with Crippen LogP contribution in [-0.4, -0.2) is 25.1 Å². The molecule has 1 unspecified atom stereocenters. The summed E-state index contributed by atoms with van der Waals surface area (Å²) in [6.07, 6.45) is -5.94. The lowest BCUT2D eigenvalue weighted by Crippen LogP contribution is -2.50. The molecule has 1 atom stereocenters. The highest BCUT2D eigenvalue weighted by molar-refractivity contribution is 5.84. The number of carbonyl (C=O) groups excluding carboxylic acids is 1. The Balaban J connectivity index is 2.99. The smallest absolute Gasteiger partial charge is 0.463 e. The second-order valence-electron chi connectivity index (χ2n) is 4.51. The number of aryl methyl sites for hydroxylation is 1. The molecule has 1 aromatic carbocycles. The molecule has 0 radical (unpaired) electrons. The van der Waals surface area contributed by atoms with Gasteiger partial charge in [-0.1, -0.05) is 17.7 Å². The third kappa shape index (κ3) is 3.62. The molecule has 1 amide bonds. The molecule has 0 saturated heterocycles. The summed E-state index contributed by atoms with van der Waals surface area (Å²) >= 11 is 0. The number of halogens is 5. The van der Waals surface area contributed by atoms with Crippen LogP contribution in [0.5, 0.6) is 5.75 Å². The Morgan fingerprint density at radius 3 is 2.29 bits per heavy atom. The first kappa shape index (κ1) is 17.2. The molecule has 0 aliphatic heterocycles. The summed E-state index contributed by atoms with van der Waals surface area (Å²) in [6.45, 7) is 3.00. The number of carbonyl (C=O) groups is 1. The molecule has 0 heterocycles. The molecule has 1 aromatic rings. The quantitative estimate of drug-likeness (QED) is 0.866. The fourth-order valence-electron chi connectivity index (χ4n) is 1.69. The SMILES string of the molecule is COc1ccc(C)cc1C(C)NC(=O)C(F)(F)C(F)(F)F. The van der Waals surface area contributed by atoms with Crippen molar-refractivity contribution in [3.63, 3.8) is 0 Å². The Morgan fingerprint density at radius 1 is 1.24 bits per heavy atom. The lowest BCUT2D eigenvalue weighted by Gasteiger charge is -2.23. The first-order valence-electron chi connectivity index (χ1n) is 5.90. The topological polar surface area (TPSA) is 38.3 Å². The molecule has 1 N–H and O–H groups in total. The van der Waals surface area contributed by atoms with Crippen LogP contribution < -0.4 is 10.1 Å². The van der Waals surface area contributed by atoms with Gasteiger partial charge in [0.1, 0.15) is 5.75 Å². The van der Waals surface area contributed by atoms with E-state index in [-0.39, 0.29) is 5.75 Å². The Labute approximate surface area is 118 Å². The van der Waals surface area contributed by atoms with Crippen molar-refractivity contribution < 1.29 is 31.5 Å². The zero-order chi connectivity index (χ0) is 16.4. The maximum atomic E-state index is 12.9. The maximum absolute atomic E-state index is 12.9. The molecule has 3 nitrogen and oxygen atoms in total. The van der Waals surface area contributed by atoms with Gasteiger partial charge in [-0.2, -0.15) is 22.0 Å². The monoisotopic (exact) mass is 311 g/mol. The van der Waals surface area contributed by atoms with E-state index in [1.807, 2.05) is 0 Å². The molecule has 1 rings (SSSR count). The van der Waals surface area contributed by atoms with Crippen LogP contribution in [0.1, 0.15) is 24.1 Å². The van der Waals surface area contributed by atoms with Crippen LogP contribution in [0, 0.1) is 6.92 Å². The van der Waals surface area contributed by atoms with Gasteiger partial charge in [-0.25, -0.2) is 0 Å². The van der Waals surface area contributed by atoms with Crippen molar-refractivity contribution in [1.29, 1.82) is 0 Å². The number of methoxy groups -OCH3 is 1. The van der Waals surface area contributed by atoms with Gasteiger partial charge < -0.3 is 10.1 Å². The summed E-state index contributed by atoms with van der Waals surface area (Å²) in [6, 6.07) is 3.69. The first-order valence-corrected chi connectivity index (χ1v) is 5.90. The highest BCUT2D eigenvalue weighted by Crippen LogP contribution is 2.36. The zero-order valence-corrected chi connectivity index (χ0v) is 11.5. The second kappa shape index (κ2) is 5.87. The molecular formula is C13H14F5NO2. The van der Waals surface area contributed by atoms with Gasteiger partial charge >= 0.3 is 18.0 Å². The van der Waals surface area contributed by atoms with Gasteiger partial charge in [0.15, 0.2) is 0 Å². The standard InChI is InChI=1S/C13H14F5NO2/c1-7-4-5-10(21-3)9(6-7)8(2)19-11(20)12(14,15)13(16,17)18/h4-6,8H,1-3H3,(H,19,20). The molecule has 0 fully saturated rings. The molecule has 0 aromatic heterocycles. The van der Waals surface area contributed by atoms with Crippen LogP contribution in [0.4, 0.5) is 22.0 Å². The molecule has 118 valence electrons. The highest BCUT2D eigenvalue weighted by atomic mass is 19.4. The summed E-state index contributed by atoms with van der Waals surface area (Å²) < 4.78 is 67.1. The number of amides is 1. The van der Waals surface area contributed by atoms with Crippen LogP contribution in [-0.2, 0) is 4.79 Å². The molecule has 0 aliphatic carbocycles. The van der Waals surface area contributed by atoms with Crippen molar-refractivity contribution in [2.45, 2.75) is 32.0 Å². The van der Waals surface area contributed by atoms with Crippen LogP contribution in [0.15, 0.2) is 18.2 Å². The van der Waals surface area contributed by atoms with Gasteiger partial charge in [0.05, 0.1) is 13.2 Å². The second-order valence-corrected chi connectivity index (χ2v) is 4.51. The van der Waals surface area contributed by atoms with E-state index in [0.29, 0.717) is 5.56 Å². The molecule has 0 saturated carbocycles. The van der Waals surface area contributed by atoms with E-state index in [0.717, 1.165) is 5.56 Å². The summed E-state index contributed by atoms with van der Waals surface area (Å²) in [5.74, 6) is -7.56. The summed E-state index contributed by atoms with van der Waals surface area (Å²) in [5.41, 5.74) is 1.05. The van der Waals surface area contributed by atoms with E-state index in [1.165, 1.54) is 26.2 Å². The van der Waals surface area contributed by atoms with E-state index in [1.54, 1.807) is 18.3 Å². The van der Waals surface area contributed by atoms with Gasteiger partial charge in [0.25, 0.3) is 0 Å². The van der Waals surface area contributed by atoms with Gasteiger partial charge in [0.2, 0.25) is 0 Å². The third-order valence-corrected chi connectivity index (χ3v) is 2.84. The van der Waals surface area contributed by atoms with E-state index < -0.39 is 24.0 Å². The number of hydrogen-bond acceptors (Lipinski definition) is 2. The summed E-state index contributed by atoms with van der Waals surface area (Å²) in [7, 11) is 1.33. The molecule has 21 heavy (non-hydrogen) atoms. The van der Waals surface area contributed by atoms with Crippen LogP contribution in [0.2, 0.25) is 0 Å². The summed E-state index contributed by atoms with van der Waals surface area (Å²) in [5, 5.41) is 1.66. The first-order chi connectivity index (χ1) is 9.50. The minimum atomic E-state index is -5.94. The molecule has 0 aliphatic rings. The number of rotatable bonds is 4. The van der Waals surface area contributed by atoms with Crippen molar-refractivity contribution >= 4 is 5.91 Å². The van der Waals surface area contributed by atoms with E-state index in [2.05, 4.69) is 0 Å². The van der Waals surface area contributed by atoms with Crippen molar-refractivity contribution in [1.82, 2.24) is 5.32 Å². The fourth-order valence-corrected chi connectivity index (χ4v) is 1.69. The number of hydrogen-bond donors (Lipinski definition) is 1. The Bertz CT molecular complexity index is 528. The largest absolute Gasteiger partial charge is 0.496 e. The molecule has 0 spiro atoms.